The average Bonchev–Trinajstić information content (AvgIpc) is 3.02. The molecule has 0 bridgehead atoms. The topological polar surface area (TPSA) is 70.7 Å². The second kappa shape index (κ2) is 7.19. The maximum absolute atomic E-state index is 13.6. The minimum Gasteiger partial charge on any atom is -0.324 e. The molecular formula is C20H15F3N4O. The number of anilines is 1. The van der Waals surface area contributed by atoms with Crippen LogP contribution in [0.15, 0.2) is 48.5 Å². The molecule has 0 fully saturated rings. The van der Waals surface area contributed by atoms with Crippen LogP contribution in [0.2, 0.25) is 0 Å². The number of aryl methyl sites for hydroxylation is 1. The second-order valence-electron chi connectivity index (χ2n) is 6.15. The lowest BCUT2D eigenvalue weighted by Crippen LogP contribution is -2.17. The van der Waals surface area contributed by atoms with Crippen molar-refractivity contribution in [3.63, 3.8) is 0 Å². The standard InChI is InChI=1S/C20H15F3N4O/c1-12-10-18(15-8-6-14(11-24)7-9-15)26-27(12)19-16(20(21,22)23)4-3-5-17(19)25-13(2)28/h3-10H,1-2H3,(H,25,28). The van der Waals surface area contributed by atoms with Crippen LogP contribution in [0.5, 0.6) is 0 Å². The molecule has 1 amide bonds. The van der Waals surface area contributed by atoms with Gasteiger partial charge in [0.05, 0.1) is 28.6 Å². The molecule has 0 aliphatic carbocycles. The number of rotatable bonds is 3. The van der Waals surface area contributed by atoms with Gasteiger partial charge in [-0.15, -0.1) is 0 Å². The molecule has 0 radical (unpaired) electrons. The molecule has 0 aliphatic heterocycles. The number of nitrogens with zero attached hydrogens (tertiary/aromatic N) is 3. The van der Waals surface area contributed by atoms with E-state index in [2.05, 4.69) is 10.4 Å². The minimum absolute atomic E-state index is 0.0138. The van der Waals surface area contributed by atoms with E-state index in [1.54, 1.807) is 37.3 Å². The summed E-state index contributed by atoms with van der Waals surface area (Å²) in [6.45, 7) is 2.85. The van der Waals surface area contributed by atoms with Gasteiger partial charge in [0, 0.05) is 18.2 Å². The highest BCUT2D eigenvalue weighted by Gasteiger charge is 2.36. The van der Waals surface area contributed by atoms with Crippen LogP contribution in [-0.4, -0.2) is 15.7 Å². The lowest BCUT2D eigenvalue weighted by Gasteiger charge is -2.18. The molecule has 0 aliphatic rings. The van der Waals surface area contributed by atoms with Crippen molar-refractivity contribution in [2.24, 2.45) is 0 Å². The zero-order chi connectivity index (χ0) is 20.5. The van der Waals surface area contributed by atoms with Crippen LogP contribution in [0.3, 0.4) is 0 Å². The van der Waals surface area contributed by atoms with Crippen molar-refractivity contribution < 1.29 is 18.0 Å². The Morgan fingerprint density at radius 2 is 1.86 bits per heavy atom. The second-order valence-corrected chi connectivity index (χ2v) is 6.15. The molecule has 0 unspecified atom stereocenters. The van der Waals surface area contributed by atoms with E-state index in [0.717, 1.165) is 6.07 Å². The first-order valence-electron chi connectivity index (χ1n) is 8.26. The first kappa shape index (κ1) is 19.2. The van der Waals surface area contributed by atoms with E-state index >= 15 is 0 Å². The van der Waals surface area contributed by atoms with Crippen LogP contribution >= 0.6 is 0 Å². The molecular weight excluding hydrogens is 369 g/mol. The third kappa shape index (κ3) is 3.74. The van der Waals surface area contributed by atoms with E-state index in [1.165, 1.54) is 23.7 Å². The van der Waals surface area contributed by atoms with Crippen LogP contribution < -0.4 is 5.32 Å². The van der Waals surface area contributed by atoms with Crippen LogP contribution in [0.25, 0.3) is 16.9 Å². The summed E-state index contributed by atoms with van der Waals surface area (Å²) in [5, 5.41) is 15.7. The molecule has 8 heteroatoms. The summed E-state index contributed by atoms with van der Waals surface area (Å²) in [6, 6.07) is 13.8. The SMILES string of the molecule is CC(=O)Nc1cccc(C(F)(F)F)c1-n1nc(-c2ccc(C#N)cc2)cc1C. The number of benzene rings is 2. The Bertz CT molecular complexity index is 1080. The smallest absolute Gasteiger partial charge is 0.324 e. The van der Waals surface area contributed by atoms with E-state index in [4.69, 9.17) is 5.26 Å². The van der Waals surface area contributed by atoms with Gasteiger partial charge in [-0.1, -0.05) is 18.2 Å². The number of aromatic nitrogens is 2. The predicted octanol–water partition coefficient (Wildman–Crippen LogP) is 4.70. The molecule has 0 spiro atoms. The van der Waals surface area contributed by atoms with Crippen molar-refractivity contribution >= 4 is 11.6 Å². The van der Waals surface area contributed by atoms with E-state index in [-0.39, 0.29) is 11.4 Å². The van der Waals surface area contributed by atoms with Crippen LogP contribution in [0, 0.1) is 18.3 Å². The fourth-order valence-electron chi connectivity index (χ4n) is 2.85. The number of hydrogen-bond acceptors (Lipinski definition) is 3. The van der Waals surface area contributed by atoms with Gasteiger partial charge in [-0.25, -0.2) is 4.68 Å². The summed E-state index contributed by atoms with van der Waals surface area (Å²) in [4.78, 5) is 11.5. The highest BCUT2D eigenvalue weighted by Crippen LogP contribution is 2.38. The van der Waals surface area contributed by atoms with Gasteiger partial charge in [-0.2, -0.15) is 23.5 Å². The number of carbonyl (C=O) groups excluding carboxylic acids is 1. The van der Waals surface area contributed by atoms with Gasteiger partial charge in [0.25, 0.3) is 0 Å². The van der Waals surface area contributed by atoms with Gasteiger partial charge in [0.2, 0.25) is 5.91 Å². The highest BCUT2D eigenvalue weighted by molar-refractivity contribution is 5.91. The minimum atomic E-state index is -4.63. The molecule has 3 rings (SSSR count). The molecule has 0 atom stereocenters. The van der Waals surface area contributed by atoms with Crippen molar-refractivity contribution in [1.82, 2.24) is 9.78 Å². The van der Waals surface area contributed by atoms with E-state index in [0.29, 0.717) is 22.5 Å². The number of halogens is 3. The van der Waals surface area contributed by atoms with Gasteiger partial charge < -0.3 is 5.32 Å². The van der Waals surface area contributed by atoms with E-state index in [1.807, 2.05) is 6.07 Å². The molecule has 28 heavy (non-hydrogen) atoms. The van der Waals surface area contributed by atoms with Crippen molar-refractivity contribution in [1.29, 1.82) is 5.26 Å². The Labute approximate surface area is 159 Å². The lowest BCUT2D eigenvalue weighted by atomic mass is 10.1. The zero-order valence-electron chi connectivity index (χ0n) is 15.0. The maximum atomic E-state index is 13.6. The number of carbonyl (C=O) groups is 1. The molecule has 142 valence electrons. The Morgan fingerprint density at radius 1 is 1.18 bits per heavy atom. The van der Waals surface area contributed by atoms with Gasteiger partial charge in [0.15, 0.2) is 0 Å². The van der Waals surface area contributed by atoms with Crippen LogP contribution in [-0.2, 0) is 11.0 Å². The van der Waals surface area contributed by atoms with E-state index < -0.39 is 17.6 Å². The van der Waals surface area contributed by atoms with Gasteiger partial charge in [-0.3, -0.25) is 4.79 Å². The Kier molecular flexibility index (Phi) is 4.92. The molecule has 1 aromatic heterocycles. The molecule has 0 saturated heterocycles. The third-order valence-electron chi connectivity index (χ3n) is 4.06. The summed E-state index contributed by atoms with van der Waals surface area (Å²) in [6.07, 6.45) is -4.63. The fraction of sp³-hybridized carbons (Fsp3) is 0.150. The number of amides is 1. The molecule has 2 aromatic carbocycles. The summed E-state index contributed by atoms with van der Waals surface area (Å²) in [5.41, 5.74) is 0.899. The quantitative estimate of drug-likeness (QED) is 0.712. The van der Waals surface area contributed by atoms with Crippen molar-refractivity contribution in [3.05, 3.63) is 65.4 Å². The number of para-hydroxylation sites is 1. The summed E-state index contributed by atoms with van der Waals surface area (Å²) < 4.78 is 42.0. The Hall–Kier alpha value is -3.60. The predicted molar refractivity (Wildman–Crippen MR) is 97.8 cm³/mol. The highest BCUT2D eigenvalue weighted by atomic mass is 19.4. The van der Waals surface area contributed by atoms with Crippen molar-refractivity contribution in [2.75, 3.05) is 5.32 Å². The third-order valence-corrected chi connectivity index (χ3v) is 4.06. The average molecular weight is 384 g/mol. The fourth-order valence-corrected chi connectivity index (χ4v) is 2.85. The van der Waals surface area contributed by atoms with Crippen LogP contribution in [0.1, 0.15) is 23.7 Å². The molecule has 1 heterocycles. The number of hydrogen-bond donors (Lipinski definition) is 1. The van der Waals surface area contributed by atoms with Crippen LogP contribution in [0.4, 0.5) is 18.9 Å². The van der Waals surface area contributed by atoms with E-state index in [9.17, 15) is 18.0 Å². The number of nitriles is 1. The van der Waals surface area contributed by atoms with Gasteiger partial charge >= 0.3 is 6.18 Å². The Balaban J connectivity index is 2.19. The molecule has 5 nitrogen and oxygen atoms in total. The first-order valence-corrected chi connectivity index (χ1v) is 8.26. The lowest BCUT2D eigenvalue weighted by molar-refractivity contribution is -0.137. The largest absolute Gasteiger partial charge is 0.418 e. The summed E-state index contributed by atoms with van der Waals surface area (Å²) in [5.74, 6) is -0.488. The summed E-state index contributed by atoms with van der Waals surface area (Å²) in [7, 11) is 0. The van der Waals surface area contributed by atoms with Crippen molar-refractivity contribution in [3.8, 4) is 23.0 Å². The van der Waals surface area contributed by atoms with Gasteiger partial charge in [-0.05, 0) is 37.3 Å². The first-order chi connectivity index (χ1) is 13.2. The van der Waals surface area contributed by atoms with Gasteiger partial charge in [0.1, 0.15) is 5.69 Å². The Morgan fingerprint density at radius 3 is 2.43 bits per heavy atom. The van der Waals surface area contributed by atoms with Crippen molar-refractivity contribution in [2.45, 2.75) is 20.0 Å². The molecule has 3 aromatic rings. The molecule has 0 saturated carbocycles. The number of alkyl halides is 3. The molecule has 1 N–H and O–H groups in total. The monoisotopic (exact) mass is 384 g/mol. The zero-order valence-corrected chi connectivity index (χ0v) is 15.0. The number of nitrogens with one attached hydrogen (secondary N) is 1. The maximum Gasteiger partial charge on any atom is 0.418 e. The summed E-state index contributed by atoms with van der Waals surface area (Å²) >= 11 is 0. The normalized spacial score (nSPS) is 11.1.